The minimum absolute atomic E-state index is 0.121. The molecule has 0 aliphatic rings. The van der Waals surface area contributed by atoms with Crippen LogP contribution in [0.2, 0.25) is 5.02 Å². The van der Waals surface area contributed by atoms with Crippen molar-refractivity contribution in [2.45, 2.75) is 6.54 Å². The predicted octanol–water partition coefficient (Wildman–Crippen LogP) is 4.28. The zero-order valence-corrected chi connectivity index (χ0v) is 11.9. The molecule has 1 aromatic heterocycles. The third-order valence-corrected chi connectivity index (χ3v) is 3.13. The maximum atomic E-state index is 13.5. The highest BCUT2D eigenvalue weighted by molar-refractivity contribution is 6.30. The molecule has 1 N–H and O–H groups in total. The molecule has 0 radical (unpaired) electrons. The highest BCUT2D eigenvalue weighted by Crippen LogP contribution is 2.22. The molecule has 0 saturated carbocycles. The van der Waals surface area contributed by atoms with Gasteiger partial charge in [-0.3, -0.25) is 0 Å². The summed E-state index contributed by atoms with van der Waals surface area (Å²) in [4.78, 5) is 0. The van der Waals surface area contributed by atoms with Crippen molar-refractivity contribution in [1.29, 1.82) is 0 Å². The Kier molecular flexibility index (Phi) is 4.02. The number of hydrogen-bond donors (Lipinski definition) is 1. The molecule has 0 aliphatic heterocycles. The minimum atomic E-state index is -0.686. The molecule has 0 unspecified atom stereocenters. The lowest BCUT2D eigenvalue weighted by molar-refractivity contribution is 0.514. The fraction of sp³-hybridized carbons (Fsp3) is 0.0667. The molecule has 0 amide bonds. The van der Waals surface area contributed by atoms with Crippen LogP contribution in [0.15, 0.2) is 46.9 Å². The Morgan fingerprint density at radius 2 is 1.95 bits per heavy atom. The summed E-state index contributed by atoms with van der Waals surface area (Å²) in [6.45, 7) is 0.121. The Morgan fingerprint density at radius 3 is 2.73 bits per heavy atom. The van der Waals surface area contributed by atoms with Crippen LogP contribution < -0.4 is 5.32 Å². The quantitative estimate of drug-likeness (QED) is 0.779. The molecule has 4 nitrogen and oxygen atoms in total. The first-order valence-corrected chi connectivity index (χ1v) is 6.77. The van der Waals surface area contributed by atoms with Crippen molar-refractivity contribution < 1.29 is 13.2 Å². The van der Waals surface area contributed by atoms with Crippen LogP contribution >= 0.6 is 11.6 Å². The zero-order chi connectivity index (χ0) is 15.5. The summed E-state index contributed by atoms with van der Waals surface area (Å²) in [5.74, 6) is -0.726. The maximum Gasteiger partial charge on any atom is 0.247 e. The van der Waals surface area contributed by atoms with E-state index >= 15 is 0 Å². The highest BCUT2D eigenvalue weighted by Gasteiger charge is 2.10. The summed E-state index contributed by atoms with van der Waals surface area (Å²) >= 11 is 5.90. The van der Waals surface area contributed by atoms with Gasteiger partial charge in [0, 0.05) is 16.7 Å². The van der Waals surface area contributed by atoms with Crippen LogP contribution in [-0.2, 0) is 6.54 Å². The van der Waals surface area contributed by atoms with Crippen molar-refractivity contribution in [3.8, 4) is 11.5 Å². The van der Waals surface area contributed by atoms with E-state index in [1.54, 1.807) is 24.3 Å². The first-order valence-electron chi connectivity index (χ1n) is 6.39. The second kappa shape index (κ2) is 6.11. The molecular weight excluding hydrogens is 312 g/mol. The largest absolute Gasteiger partial charge is 0.419 e. The Hall–Kier alpha value is -2.47. The van der Waals surface area contributed by atoms with Crippen molar-refractivity contribution in [2.24, 2.45) is 0 Å². The van der Waals surface area contributed by atoms with Crippen molar-refractivity contribution in [1.82, 2.24) is 10.2 Å². The van der Waals surface area contributed by atoms with Gasteiger partial charge in [0.15, 0.2) is 0 Å². The first-order chi connectivity index (χ1) is 10.6. The third-order valence-electron chi connectivity index (χ3n) is 2.90. The smallest absolute Gasteiger partial charge is 0.247 e. The van der Waals surface area contributed by atoms with Crippen molar-refractivity contribution in [2.75, 3.05) is 5.32 Å². The normalized spacial score (nSPS) is 10.7. The molecule has 0 fully saturated rings. The maximum absolute atomic E-state index is 13.5. The molecule has 3 rings (SSSR count). The van der Waals surface area contributed by atoms with Gasteiger partial charge in [0.25, 0.3) is 0 Å². The number of rotatable bonds is 4. The fourth-order valence-corrected chi connectivity index (χ4v) is 2.06. The van der Waals surface area contributed by atoms with E-state index in [2.05, 4.69) is 15.5 Å². The molecule has 112 valence electrons. The number of halogens is 3. The Bertz CT molecular complexity index is 807. The SMILES string of the molecule is Fc1ccc(NCc2nnc(-c3cccc(Cl)c3)o2)c(F)c1. The van der Waals surface area contributed by atoms with Gasteiger partial charge in [0.1, 0.15) is 11.6 Å². The summed E-state index contributed by atoms with van der Waals surface area (Å²) < 4.78 is 31.8. The van der Waals surface area contributed by atoms with Crippen LogP contribution in [0.1, 0.15) is 5.89 Å². The van der Waals surface area contributed by atoms with E-state index in [-0.39, 0.29) is 18.1 Å². The van der Waals surface area contributed by atoms with E-state index in [9.17, 15) is 8.78 Å². The zero-order valence-electron chi connectivity index (χ0n) is 11.2. The molecule has 7 heteroatoms. The predicted molar refractivity (Wildman–Crippen MR) is 78.4 cm³/mol. The molecular formula is C15H10ClF2N3O. The van der Waals surface area contributed by atoms with Crippen molar-refractivity contribution >= 4 is 17.3 Å². The van der Waals surface area contributed by atoms with Gasteiger partial charge in [-0.15, -0.1) is 10.2 Å². The molecule has 0 bridgehead atoms. The number of aromatic nitrogens is 2. The number of hydrogen-bond acceptors (Lipinski definition) is 4. The van der Waals surface area contributed by atoms with Gasteiger partial charge in [-0.05, 0) is 30.3 Å². The van der Waals surface area contributed by atoms with Crippen LogP contribution in [0.25, 0.3) is 11.5 Å². The minimum Gasteiger partial charge on any atom is -0.419 e. The standard InChI is InChI=1S/C15H10ClF2N3O/c16-10-3-1-2-9(6-10)15-21-20-14(22-15)8-19-13-5-4-11(17)7-12(13)18/h1-7,19H,8H2. The van der Waals surface area contributed by atoms with Crippen molar-refractivity contribution in [3.63, 3.8) is 0 Å². The number of nitrogens with one attached hydrogen (secondary N) is 1. The molecule has 0 aliphatic carbocycles. The Labute approximate surface area is 129 Å². The lowest BCUT2D eigenvalue weighted by atomic mass is 10.2. The molecule has 3 aromatic rings. The van der Waals surface area contributed by atoms with E-state index in [1.807, 2.05) is 0 Å². The van der Waals surface area contributed by atoms with Gasteiger partial charge >= 0.3 is 0 Å². The van der Waals surface area contributed by atoms with Gasteiger partial charge in [0.05, 0.1) is 12.2 Å². The second-order valence-corrected chi connectivity index (χ2v) is 4.93. The van der Waals surface area contributed by atoms with Gasteiger partial charge in [-0.25, -0.2) is 8.78 Å². The van der Waals surface area contributed by atoms with E-state index in [0.717, 1.165) is 12.1 Å². The third kappa shape index (κ3) is 3.23. The van der Waals surface area contributed by atoms with E-state index < -0.39 is 11.6 Å². The van der Waals surface area contributed by atoms with Gasteiger partial charge in [-0.2, -0.15) is 0 Å². The number of nitrogens with zero attached hydrogens (tertiary/aromatic N) is 2. The Morgan fingerprint density at radius 1 is 1.09 bits per heavy atom. The van der Waals surface area contributed by atoms with E-state index in [1.165, 1.54) is 6.07 Å². The van der Waals surface area contributed by atoms with Crippen LogP contribution in [-0.4, -0.2) is 10.2 Å². The topological polar surface area (TPSA) is 51.0 Å². The average Bonchev–Trinajstić information content (AvgIpc) is 2.95. The van der Waals surface area contributed by atoms with E-state index in [0.29, 0.717) is 16.5 Å². The van der Waals surface area contributed by atoms with Gasteiger partial charge in [0.2, 0.25) is 11.8 Å². The van der Waals surface area contributed by atoms with Gasteiger partial charge < -0.3 is 9.73 Å². The monoisotopic (exact) mass is 321 g/mol. The number of benzene rings is 2. The fourth-order valence-electron chi connectivity index (χ4n) is 1.87. The summed E-state index contributed by atoms with van der Waals surface area (Å²) in [5, 5.41) is 11.1. The lowest BCUT2D eigenvalue weighted by Gasteiger charge is -2.04. The van der Waals surface area contributed by atoms with Crippen molar-refractivity contribution in [3.05, 3.63) is 65.0 Å². The molecule has 2 aromatic carbocycles. The van der Waals surface area contributed by atoms with Gasteiger partial charge in [-0.1, -0.05) is 17.7 Å². The Balaban J connectivity index is 1.72. The lowest BCUT2D eigenvalue weighted by Crippen LogP contribution is -2.02. The van der Waals surface area contributed by atoms with E-state index in [4.69, 9.17) is 16.0 Å². The average molecular weight is 322 g/mol. The molecule has 1 heterocycles. The van der Waals surface area contributed by atoms with Crippen LogP contribution in [0.4, 0.5) is 14.5 Å². The van der Waals surface area contributed by atoms with Crippen LogP contribution in [0, 0.1) is 11.6 Å². The molecule has 0 atom stereocenters. The molecule has 22 heavy (non-hydrogen) atoms. The van der Waals surface area contributed by atoms with Crippen LogP contribution in [0.3, 0.4) is 0 Å². The highest BCUT2D eigenvalue weighted by atomic mass is 35.5. The number of anilines is 1. The van der Waals surface area contributed by atoms with Crippen LogP contribution in [0.5, 0.6) is 0 Å². The summed E-state index contributed by atoms with van der Waals surface area (Å²) in [6, 6.07) is 10.3. The summed E-state index contributed by atoms with van der Waals surface area (Å²) in [7, 11) is 0. The summed E-state index contributed by atoms with van der Waals surface area (Å²) in [6.07, 6.45) is 0. The second-order valence-electron chi connectivity index (χ2n) is 4.49. The first kappa shape index (κ1) is 14.5. The summed E-state index contributed by atoms with van der Waals surface area (Å²) in [5.41, 5.74) is 0.850. The molecule has 0 saturated heterocycles. The molecule has 0 spiro atoms.